The molecule has 1 aromatic carbocycles. The third kappa shape index (κ3) is 5.50. The molecule has 34 heavy (non-hydrogen) atoms. The minimum atomic E-state index is -3.86. The van der Waals surface area contributed by atoms with Crippen LogP contribution in [-0.4, -0.2) is 67.5 Å². The average molecular weight is 491 g/mol. The number of carbonyl (C=O) groups excluding carboxylic acids is 1. The van der Waals surface area contributed by atoms with Gasteiger partial charge in [0.1, 0.15) is 16.7 Å². The Labute approximate surface area is 203 Å². The van der Waals surface area contributed by atoms with E-state index in [1.165, 1.54) is 16.3 Å². The van der Waals surface area contributed by atoms with Crippen LogP contribution < -0.4 is 4.74 Å². The largest absolute Gasteiger partial charge is 0.487 e. The quantitative estimate of drug-likeness (QED) is 0.630. The Hall–Kier alpha value is -1.90. The Morgan fingerprint density at radius 2 is 2.06 bits per heavy atom. The molecule has 1 heterocycles. The van der Waals surface area contributed by atoms with Gasteiger partial charge in [-0.15, -0.1) is 0 Å². The summed E-state index contributed by atoms with van der Waals surface area (Å²) in [7, 11) is -2.06. The first-order valence-electron chi connectivity index (χ1n) is 12.6. The van der Waals surface area contributed by atoms with Gasteiger partial charge in [-0.1, -0.05) is 19.1 Å². The highest BCUT2D eigenvalue weighted by Crippen LogP contribution is 2.37. The third-order valence-electron chi connectivity index (χ3n) is 7.37. The Bertz CT molecular complexity index is 1030. The van der Waals surface area contributed by atoms with Crippen molar-refractivity contribution in [2.24, 2.45) is 11.8 Å². The molecule has 0 unspecified atom stereocenters. The summed E-state index contributed by atoms with van der Waals surface area (Å²) in [6.07, 6.45) is 8.96. The zero-order valence-corrected chi connectivity index (χ0v) is 21.4. The Morgan fingerprint density at radius 1 is 1.29 bits per heavy atom. The zero-order chi connectivity index (χ0) is 24.5. The number of carbonyl (C=O) groups is 1. The molecule has 1 aliphatic heterocycles. The Kier molecular flexibility index (Phi) is 7.69. The van der Waals surface area contributed by atoms with Gasteiger partial charge in [-0.3, -0.25) is 4.79 Å². The van der Waals surface area contributed by atoms with Crippen molar-refractivity contribution in [1.82, 2.24) is 9.21 Å². The van der Waals surface area contributed by atoms with Gasteiger partial charge in [0, 0.05) is 32.0 Å². The maximum Gasteiger partial charge on any atom is 0.247 e. The molecule has 4 rings (SSSR count). The van der Waals surface area contributed by atoms with E-state index >= 15 is 0 Å². The number of hydrogen-bond donors (Lipinski definition) is 1. The van der Waals surface area contributed by atoms with Crippen molar-refractivity contribution in [3.8, 4) is 5.75 Å². The number of rotatable bonds is 7. The van der Waals surface area contributed by atoms with Crippen LogP contribution in [0.15, 0.2) is 29.2 Å². The van der Waals surface area contributed by atoms with Crippen molar-refractivity contribution in [2.75, 3.05) is 26.7 Å². The number of hydrogen-bond acceptors (Lipinski definition) is 5. The second-order valence-corrected chi connectivity index (χ2v) is 12.2. The van der Waals surface area contributed by atoms with Gasteiger partial charge in [0.2, 0.25) is 15.9 Å². The van der Waals surface area contributed by atoms with Crippen molar-refractivity contribution in [3.05, 3.63) is 29.8 Å². The van der Waals surface area contributed by atoms with Crippen LogP contribution in [0.2, 0.25) is 0 Å². The van der Waals surface area contributed by atoms with Crippen LogP contribution in [0.3, 0.4) is 0 Å². The van der Waals surface area contributed by atoms with E-state index in [2.05, 4.69) is 6.08 Å². The van der Waals surface area contributed by atoms with Gasteiger partial charge < -0.3 is 14.7 Å². The van der Waals surface area contributed by atoms with Crippen LogP contribution in [0.4, 0.5) is 0 Å². The predicted molar refractivity (Wildman–Crippen MR) is 132 cm³/mol. The third-order valence-corrected chi connectivity index (χ3v) is 9.39. The fraction of sp³-hybridized carbons (Fsp3) is 0.654. The van der Waals surface area contributed by atoms with Crippen LogP contribution in [0.1, 0.15) is 64.4 Å². The number of aliphatic hydroxyl groups excluding tert-OH is 1. The number of fused-ring (bicyclic) bond motifs is 1. The van der Waals surface area contributed by atoms with Gasteiger partial charge in [0.15, 0.2) is 0 Å². The summed E-state index contributed by atoms with van der Waals surface area (Å²) in [6.45, 7) is 4.01. The SMILES string of the molecule is C[C@@H]1CN([C@@H](C)CO)S(=O)(=O)c2ccc(C3=CCCCC3)cc2O[C@H]1CN(C)C(=O)CC1CC1. The van der Waals surface area contributed by atoms with Crippen LogP contribution in [0.25, 0.3) is 5.57 Å². The van der Waals surface area contributed by atoms with Gasteiger partial charge >= 0.3 is 0 Å². The fourth-order valence-corrected chi connectivity index (χ4v) is 6.67. The second-order valence-electron chi connectivity index (χ2n) is 10.3. The van der Waals surface area contributed by atoms with E-state index in [0.29, 0.717) is 24.6 Å². The Morgan fingerprint density at radius 3 is 2.71 bits per heavy atom. The minimum absolute atomic E-state index is 0.106. The minimum Gasteiger partial charge on any atom is -0.487 e. The molecule has 0 aromatic heterocycles. The van der Waals surface area contributed by atoms with Crippen molar-refractivity contribution in [3.63, 3.8) is 0 Å². The van der Waals surface area contributed by atoms with Gasteiger partial charge in [-0.05, 0) is 74.6 Å². The standard InChI is InChI=1S/C26H38N2O5S/c1-18-15-28(19(2)17-29)34(31,32)25-12-11-22(21-7-5-4-6-8-21)14-23(25)33-24(18)16-27(3)26(30)13-20-9-10-20/h7,11-12,14,18-20,24,29H,4-6,8-10,13,15-17H2,1-3H3/t18-,19+,24+/m1/s1. The fourth-order valence-electron chi connectivity index (χ4n) is 4.84. The molecule has 188 valence electrons. The number of likely N-dealkylation sites (N-methyl/N-ethyl adjacent to an activating group) is 1. The molecule has 0 radical (unpaired) electrons. The second kappa shape index (κ2) is 10.4. The first-order valence-corrected chi connectivity index (χ1v) is 14.0. The molecule has 8 heteroatoms. The molecule has 3 aliphatic rings. The van der Waals surface area contributed by atoms with Crippen molar-refractivity contribution in [2.45, 2.75) is 75.8 Å². The smallest absolute Gasteiger partial charge is 0.247 e. The highest BCUT2D eigenvalue weighted by molar-refractivity contribution is 7.89. The number of amides is 1. The molecule has 0 saturated heterocycles. The first-order chi connectivity index (χ1) is 16.2. The summed E-state index contributed by atoms with van der Waals surface area (Å²) in [5.74, 6) is 0.767. The molecule has 1 aromatic rings. The summed E-state index contributed by atoms with van der Waals surface area (Å²) < 4.78 is 35.1. The highest BCUT2D eigenvalue weighted by atomic mass is 32.2. The number of ether oxygens (including phenoxy) is 1. The molecule has 1 saturated carbocycles. The van der Waals surface area contributed by atoms with Crippen molar-refractivity contribution in [1.29, 1.82) is 0 Å². The van der Waals surface area contributed by atoms with Crippen LogP contribution >= 0.6 is 0 Å². The van der Waals surface area contributed by atoms with Gasteiger partial charge in [-0.25, -0.2) is 8.42 Å². The van der Waals surface area contributed by atoms with E-state index in [1.807, 2.05) is 19.1 Å². The van der Waals surface area contributed by atoms with E-state index in [9.17, 15) is 18.3 Å². The maximum absolute atomic E-state index is 13.6. The molecule has 0 bridgehead atoms. The number of aliphatic hydroxyl groups is 1. The highest BCUT2D eigenvalue weighted by Gasteiger charge is 2.38. The summed E-state index contributed by atoms with van der Waals surface area (Å²) in [4.78, 5) is 14.5. The topological polar surface area (TPSA) is 87.2 Å². The number of nitrogens with zero attached hydrogens (tertiary/aromatic N) is 2. The summed E-state index contributed by atoms with van der Waals surface area (Å²) in [6, 6.07) is 4.79. The molecule has 1 amide bonds. The molecule has 1 N–H and O–H groups in total. The molecular weight excluding hydrogens is 452 g/mol. The number of allylic oxidation sites excluding steroid dienone is 2. The van der Waals surface area contributed by atoms with E-state index < -0.39 is 16.1 Å². The molecule has 0 spiro atoms. The lowest BCUT2D eigenvalue weighted by atomic mass is 9.93. The van der Waals surface area contributed by atoms with Crippen LogP contribution in [0.5, 0.6) is 5.75 Å². The summed E-state index contributed by atoms with van der Waals surface area (Å²) >= 11 is 0. The summed E-state index contributed by atoms with van der Waals surface area (Å²) in [5.41, 5.74) is 2.21. The normalized spacial score (nSPS) is 25.8. The van der Waals surface area contributed by atoms with Crippen molar-refractivity contribution < 1.29 is 23.1 Å². The lowest BCUT2D eigenvalue weighted by Crippen LogP contribution is -2.50. The summed E-state index contributed by atoms with van der Waals surface area (Å²) in [5, 5.41) is 9.81. The van der Waals surface area contributed by atoms with Crippen molar-refractivity contribution >= 4 is 21.5 Å². The predicted octanol–water partition coefficient (Wildman–Crippen LogP) is 3.67. The molecule has 2 aliphatic carbocycles. The van der Waals surface area contributed by atoms with Crippen LogP contribution in [-0.2, 0) is 14.8 Å². The number of sulfonamides is 1. The molecular formula is C26H38N2O5S. The molecule has 1 fully saturated rings. The van der Waals surface area contributed by atoms with E-state index in [-0.39, 0.29) is 36.0 Å². The first kappa shape index (κ1) is 25.2. The Balaban J connectivity index is 1.69. The van der Waals surface area contributed by atoms with E-state index in [4.69, 9.17) is 4.74 Å². The van der Waals surface area contributed by atoms with Gasteiger partial charge in [0.05, 0.1) is 13.2 Å². The van der Waals surface area contributed by atoms with E-state index in [0.717, 1.165) is 37.7 Å². The van der Waals surface area contributed by atoms with Gasteiger partial charge in [-0.2, -0.15) is 4.31 Å². The molecule has 3 atom stereocenters. The monoisotopic (exact) mass is 490 g/mol. The maximum atomic E-state index is 13.6. The zero-order valence-electron chi connectivity index (χ0n) is 20.6. The lowest BCUT2D eigenvalue weighted by molar-refractivity contribution is -0.131. The average Bonchev–Trinajstić information content (AvgIpc) is 3.65. The van der Waals surface area contributed by atoms with E-state index in [1.54, 1.807) is 24.9 Å². The molecule has 7 nitrogen and oxygen atoms in total. The lowest BCUT2D eigenvalue weighted by Gasteiger charge is -2.37. The number of benzene rings is 1. The van der Waals surface area contributed by atoms with Crippen LogP contribution in [0, 0.1) is 11.8 Å². The van der Waals surface area contributed by atoms with Gasteiger partial charge in [0.25, 0.3) is 0 Å².